The van der Waals surface area contributed by atoms with E-state index in [1.165, 1.54) is 0 Å². The Kier molecular flexibility index (Phi) is 6.90. The molecule has 0 aliphatic heterocycles. The lowest BCUT2D eigenvalue weighted by Gasteiger charge is -2.14. The number of nitrogens with one attached hydrogen (secondary N) is 2. The molecule has 1 atom stereocenters. The molecular weight excluding hydrogens is 420 g/mol. The first kappa shape index (κ1) is 22.0. The zero-order valence-corrected chi connectivity index (χ0v) is 17.9. The average molecular weight is 444 g/mol. The van der Waals surface area contributed by atoms with Crippen molar-refractivity contribution in [2.24, 2.45) is 0 Å². The lowest BCUT2D eigenvalue weighted by Crippen LogP contribution is -2.42. The molecule has 7 nitrogen and oxygen atoms in total. The molecular formula is C26H24N2O5. The zero-order chi connectivity index (χ0) is 23.0. The number of aromatic nitrogens is 1. The summed E-state index contributed by atoms with van der Waals surface area (Å²) >= 11 is 0. The maximum absolute atomic E-state index is 12.2. The number of carboxylic acids is 1. The molecule has 0 aliphatic carbocycles. The third-order valence-corrected chi connectivity index (χ3v) is 5.21. The van der Waals surface area contributed by atoms with Gasteiger partial charge in [-0.3, -0.25) is 0 Å². The highest BCUT2D eigenvalue weighted by molar-refractivity contribution is 5.86. The molecule has 1 unspecified atom stereocenters. The first-order valence-electron chi connectivity index (χ1n) is 10.6. The molecule has 0 fully saturated rings. The monoisotopic (exact) mass is 444 g/mol. The lowest BCUT2D eigenvalue weighted by atomic mass is 10.0. The van der Waals surface area contributed by atoms with Crippen LogP contribution in [0, 0.1) is 0 Å². The van der Waals surface area contributed by atoms with E-state index in [2.05, 4.69) is 10.3 Å². The highest BCUT2D eigenvalue weighted by Gasteiger charge is 2.23. The van der Waals surface area contributed by atoms with Crippen molar-refractivity contribution in [1.29, 1.82) is 0 Å². The van der Waals surface area contributed by atoms with Gasteiger partial charge in [0.2, 0.25) is 0 Å². The topological polar surface area (TPSA) is 101 Å². The Balaban J connectivity index is 1.41. The van der Waals surface area contributed by atoms with Crippen molar-refractivity contribution in [2.75, 3.05) is 0 Å². The van der Waals surface area contributed by atoms with Crippen molar-refractivity contribution in [1.82, 2.24) is 10.3 Å². The van der Waals surface area contributed by atoms with Crippen LogP contribution in [0.25, 0.3) is 10.9 Å². The number of hydrogen-bond donors (Lipinski definition) is 3. The standard InChI is InChI=1S/C26H24N2O5/c29-25(30)24(28-26(31)33-17-19-9-5-2-6-10-19)13-20-15-27-23-12-11-21(14-22(20)23)32-16-18-7-3-1-4-8-18/h1-12,14-15,24,27H,13,16-17H2,(H,28,31)(H,29,30). The smallest absolute Gasteiger partial charge is 0.408 e. The molecule has 1 amide bonds. The third kappa shape index (κ3) is 5.92. The molecule has 4 aromatic rings. The molecule has 0 aliphatic rings. The molecule has 1 heterocycles. The first-order chi connectivity index (χ1) is 16.1. The van der Waals surface area contributed by atoms with E-state index < -0.39 is 18.1 Å². The van der Waals surface area contributed by atoms with Crippen molar-refractivity contribution < 1.29 is 24.2 Å². The summed E-state index contributed by atoms with van der Waals surface area (Å²) in [5, 5.41) is 12.9. The van der Waals surface area contributed by atoms with Gasteiger partial charge in [0, 0.05) is 23.5 Å². The number of fused-ring (bicyclic) bond motifs is 1. The van der Waals surface area contributed by atoms with E-state index in [0.717, 1.165) is 27.6 Å². The quantitative estimate of drug-likeness (QED) is 0.348. The van der Waals surface area contributed by atoms with Crippen LogP contribution in [0.2, 0.25) is 0 Å². The minimum absolute atomic E-state index is 0.0637. The second-order valence-electron chi connectivity index (χ2n) is 7.60. The van der Waals surface area contributed by atoms with E-state index in [-0.39, 0.29) is 13.0 Å². The molecule has 168 valence electrons. The Hall–Kier alpha value is -4.26. The number of rotatable bonds is 9. The van der Waals surface area contributed by atoms with Gasteiger partial charge in [0.25, 0.3) is 0 Å². The first-order valence-corrected chi connectivity index (χ1v) is 10.6. The maximum atomic E-state index is 12.2. The van der Waals surface area contributed by atoms with Gasteiger partial charge in [0.15, 0.2) is 0 Å². The summed E-state index contributed by atoms with van der Waals surface area (Å²) in [5.74, 6) is -0.466. The summed E-state index contributed by atoms with van der Waals surface area (Å²) < 4.78 is 11.1. The molecule has 0 radical (unpaired) electrons. The van der Waals surface area contributed by atoms with Crippen molar-refractivity contribution in [3.8, 4) is 5.75 Å². The van der Waals surface area contributed by atoms with Crippen molar-refractivity contribution in [3.63, 3.8) is 0 Å². The summed E-state index contributed by atoms with van der Waals surface area (Å²) in [6.45, 7) is 0.493. The van der Waals surface area contributed by atoms with Crippen LogP contribution in [0.5, 0.6) is 5.75 Å². The van der Waals surface area contributed by atoms with E-state index in [1.54, 1.807) is 6.20 Å². The highest BCUT2D eigenvalue weighted by atomic mass is 16.5. The summed E-state index contributed by atoms with van der Waals surface area (Å²) in [4.78, 5) is 27.1. The molecule has 4 rings (SSSR count). The van der Waals surface area contributed by atoms with E-state index in [9.17, 15) is 14.7 Å². The molecule has 3 aromatic carbocycles. The molecule has 0 saturated carbocycles. The maximum Gasteiger partial charge on any atom is 0.408 e. The van der Waals surface area contributed by atoms with E-state index in [4.69, 9.17) is 9.47 Å². The Morgan fingerprint density at radius 3 is 2.24 bits per heavy atom. The van der Waals surface area contributed by atoms with E-state index >= 15 is 0 Å². The predicted octanol–water partition coefficient (Wildman–Crippen LogP) is 4.67. The summed E-state index contributed by atoms with van der Waals surface area (Å²) in [5.41, 5.74) is 3.48. The third-order valence-electron chi connectivity index (χ3n) is 5.21. The van der Waals surface area contributed by atoms with Crippen molar-refractivity contribution >= 4 is 23.0 Å². The van der Waals surface area contributed by atoms with Crippen LogP contribution in [0.3, 0.4) is 0 Å². The molecule has 33 heavy (non-hydrogen) atoms. The molecule has 3 N–H and O–H groups in total. The summed E-state index contributed by atoms with van der Waals surface area (Å²) in [7, 11) is 0. The number of ether oxygens (including phenoxy) is 2. The van der Waals surface area contributed by atoms with Crippen LogP contribution in [0.4, 0.5) is 4.79 Å². The predicted molar refractivity (Wildman–Crippen MR) is 124 cm³/mol. The van der Waals surface area contributed by atoms with Gasteiger partial charge in [-0.2, -0.15) is 0 Å². The molecule has 0 spiro atoms. The second kappa shape index (κ2) is 10.4. The normalized spacial score (nSPS) is 11.6. The number of carbonyl (C=O) groups excluding carboxylic acids is 1. The number of aromatic amines is 1. The number of amides is 1. The summed E-state index contributed by atoms with van der Waals surface area (Å²) in [6.07, 6.45) is 1.06. The fourth-order valence-electron chi connectivity index (χ4n) is 3.48. The van der Waals surface area contributed by atoms with Gasteiger partial charge in [0.05, 0.1) is 0 Å². The largest absolute Gasteiger partial charge is 0.489 e. The minimum Gasteiger partial charge on any atom is -0.489 e. The Labute approximate surface area is 191 Å². The van der Waals surface area contributed by atoms with Crippen molar-refractivity contribution in [2.45, 2.75) is 25.7 Å². The van der Waals surface area contributed by atoms with Gasteiger partial charge in [-0.25, -0.2) is 9.59 Å². The molecule has 0 saturated heterocycles. The number of hydrogen-bond acceptors (Lipinski definition) is 4. The number of benzene rings is 3. The second-order valence-corrected chi connectivity index (χ2v) is 7.60. The van der Waals surface area contributed by atoms with Crippen LogP contribution in [0.1, 0.15) is 16.7 Å². The van der Waals surface area contributed by atoms with E-state index in [0.29, 0.717) is 12.4 Å². The van der Waals surface area contributed by atoms with Crippen LogP contribution in [0.15, 0.2) is 85.1 Å². The van der Waals surface area contributed by atoms with Gasteiger partial charge in [-0.05, 0) is 34.9 Å². The fourth-order valence-corrected chi connectivity index (χ4v) is 3.48. The SMILES string of the molecule is O=C(NC(Cc1c[nH]c2ccc(OCc3ccccc3)cc12)C(=O)O)OCc1ccccc1. The van der Waals surface area contributed by atoms with Gasteiger partial charge >= 0.3 is 12.1 Å². The molecule has 7 heteroatoms. The van der Waals surface area contributed by atoms with Gasteiger partial charge in [0.1, 0.15) is 25.0 Å². The zero-order valence-electron chi connectivity index (χ0n) is 17.9. The molecule has 1 aromatic heterocycles. The lowest BCUT2D eigenvalue weighted by molar-refractivity contribution is -0.139. The fraction of sp³-hybridized carbons (Fsp3) is 0.154. The Bertz CT molecular complexity index is 1220. The van der Waals surface area contributed by atoms with Crippen LogP contribution in [-0.4, -0.2) is 28.2 Å². The van der Waals surface area contributed by atoms with Crippen LogP contribution in [-0.2, 0) is 29.2 Å². The summed E-state index contributed by atoms with van der Waals surface area (Å²) in [6, 6.07) is 23.5. The number of carboxylic acid groups (broad SMARTS) is 1. The number of alkyl carbamates (subject to hydrolysis) is 1. The van der Waals surface area contributed by atoms with Gasteiger partial charge in [-0.15, -0.1) is 0 Å². The Morgan fingerprint density at radius 1 is 0.909 bits per heavy atom. The number of H-pyrrole nitrogens is 1. The average Bonchev–Trinajstić information content (AvgIpc) is 3.24. The Morgan fingerprint density at radius 2 is 1.58 bits per heavy atom. The van der Waals surface area contributed by atoms with Crippen LogP contribution < -0.4 is 10.1 Å². The minimum atomic E-state index is -1.14. The van der Waals surface area contributed by atoms with Gasteiger partial charge < -0.3 is 24.9 Å². The van der Waals surface area contributed by atoms with Gasteiger partial charge in [-0.1, -0.05) is 60.7 Å². The van der Waals surface area contributed by atoms with E-state index in [1.807, 2.05) is 78.9 Å². The number of aliphatic carboxylic acids is 1. The number of carbonyl (C=O) groups is 2. The van der Waals surface area contributed by atoms with Crippen molar-refractivity contribution in [3.05, 3.63) is 102 Å². The van der Waals surface area contributed by atoms with Crippen LogP contribution >= 0.6 is 0 Å². The highest BCUT2D eigenvalue weighted by Crippen LogP contribution is 2.25. The molecule has 0 bridgehead atoms.